The zero-order valence-corrected chi connectivity index (χ0v) is 14.9. The van der Waals surface area contributed by atoms with Crippen molar-refractivity contribution >= 4 is 5.97 Å². The Kier molecular flexibility index (Phi) is 5.89. The van der Waals surface area contributed by atoms with Crippen LogP contribution >= 0.6 is 0 Å². The van der Waals surface area contributed by atoms with Gasteiger partial charge < -0.3 is 15.2 Å². The fraction of sp³-hybridized carbons (Fsp3) is 0.381. The molecule has 1 aliphatic carbocycles. The smallest absolute Gasteiger partial charge is 0.335 e. The van der Waals surface area contributed by atoms with Crippen molar-refractivity contribution in [1.29, 1.82) is 0 Å². The number of hydrogen-bond acceptors (Lipinski definition) is 3. The number of methoxy groups -OCH3 is 1. The molecule has 2 N–H and O–H groups in total. The number of ether oxygens (including phenoxy) is 1. The fourth-order valence-electron chi connectivity index (χ4n) is 3.65. The lowest BCUT2D eigenvalue weighted by Crippen LogP contribution is -2.28. The average molecular weight is 357 g/mol. The fourth-order valence-corrected chi connectivity index (χ4v) is 3.65. The summed E-state index contributed by atoms with van der Waals surface area (Å²) < 4.78 is 18.5. The molecule has 0 bridgehead atoms. The minimum Gasteiger partial charge on any atom is -0.494 e. The molecule has 2 aromatic rings. The molecule has 5 heteroatoms. The lowest BCUT2D eigenvalue weighted by atomic mass is 9.96. The van der Waals surface area contributed by atoms with Crippen LogP contribution in [0.1, 0.15) is 46.7 Å². The van der Waals surface area contributed by atoms with Crippen LogP contribution in [0, 0.1) is 5.82 Å². The number of hydrogen-bond donors (Lipinski definition) is 2. The van der Waals surface area contributed by atoms with E-state index in [9.17, 15) is 9.18 Å². The molecule has 0 amide bonds. The van der Waals surface area contributed by atoms with Crippen LogP contribution in [0.25, 0.3) is 0 Å². The molecule has 0 saturated heterocycles. The van der Waals surface area contributed by atoms with Gasteiger partial charge in [0.2, 0.25) is 0 Å². The first-order valence-electron chi connectivity index (χ1n) is 8.96. The summed E-state index contributed by atoms with van der Waals surface area (Å²) in [6.07, 6.45) is 4.09. The Balaban J connectivity index is 1.48. The molecular formula is C21H24FNO3. The van der Waals surface area contributed by atoms with Gasteiger partial charge in [-0.2, -0.15) is 0 Å². The van der Waals surface area contributed by atoms with Gasteiger partial charge in [0.15, 0.2) is 11.6 Å². The first-order valence-corrected chi connectivity index (χ1v) is 8.96. The third-order valence-electron chi connectivity index (χ3n) is 5.12. The van der Waals surface area contributed by atoms with E-state index < -0.39 is 5.97 Å². The van der Waals surface area contributed by atoms with Crippen molar-refractivity contribution in [3.63, 3.8) is 0 Å². The lowest BCUT2D eigenvalue weighted by molar-refractivity contribution is 0.0697. The van der Waals surface area contributed by atoms with Crippen LogP contribution in [0.15, 0.2) is 42.5 Å². The number of carboxylic acids is 1. The van der Waals surface area contributed by atoms with Crippen molar-refractivity contribution in [2.45, 2.75) is 37.6 Å². The van der Waals surface area contributed by atoms with Crippen LogP contribution in [0.3, 0.4) is 0 Å². The van der Waals surface area contributed by atoms with E-state index in [1.54, 1.807) is 24.3 Å². The van der Waals surface area contributed by atoms with Crippen molar-refractivity contribution in [2.24, 2.45) is 0 Å². The lowest BCUT2D eigenvalue weighted by Gasteiger charge is -2.14. The molecule has 0 radical (unpaired) electrons. The van der Waals surface area contributed by atoms with Crippen molar-refractivity contribution in [2.75, 3.05) is 13.7 Å². The van der Waals surface area contributed by atoms with Gasteiger partial charge in [-0.1, -0.05) is 18.2 Å². The SMILES string of the molecule is COc1cc(CCN[C@H]2CC[C@@H](c3ccc(C(=O)O)cc3)C2)ccc1F. The number of rotatable bonds is 7. The predicted octanol–water partition coefficient (Wildman–Crippen LogP) is 4.00. The van der Waals surface area contributed by atoms with Crippen molar-refractivity contribution in [3.05, 3.63) is 65.0 Å². The summed E-state index contributed by atoms with van der Waals surface area (Å²) in [6, 6.07) is 12.7. The zero-order chi connectivity index (χ0) is 18.5. The maximum atomic E-state index is 13.4. The Bertz CT molecular complexity index is 760. The van der Waals surface area contributed by atoms with E-state index in [1.807, 2.05) is 12.1 Å². The molecule has 0 heterocycles. The summed E-state index contributed by atoms with van der Waals surface area (Å²) in [4.78, 5) is 10.9. The maximum Gasteiger partial charge on any atom is 0.335 e. The predicted molar refractivity (Wildman–Crippen MR) is 98.4 cm³/mol. The molecule has 0 aromatic heterocycles. The van der Waals surface area contributed by atoms with Crippen LogP contribution in [-0.2, 0) is 6.42 Å². The topological polar surface area (TPSA) is 58.6 Å². The summed E-state index contributed by atoms with van der Waals surface area (Å²) in [5.74, 6) is -0.466. The van der Waals surface area contributed by atoms with Crippen molar-refractivity contribution < 1.29 is 19.0 Å². The molecule has 138 valence electrons. The number of carbonyl (C=O) groups is 1. The molecule has 4 nitrogen and oxygen atoms in total. The van der Waals surface area contributed by atoms with Gasteiger partial charge in [0.25, 0.3) is 0 Å². The van der Waals surface area contributed by atoms with Crippen molar-refractivity contribution in [3.8, 4) is 5.75 Å². The zero-order valence-electron chi connectivity index (χ0n) is 14.9. The molecular weight excluding hydrogens is 333 g/mol. The van der Waals surface area contributed by atoms with Crippen LogP contribution in [0.2, 0.25) is 0 Å². The van der Waals surface area contributed by atoms with Crippen LogP contribution in [0.4, 0.5) is 4.39 Å². The summed E-state index contributed by atoms with van der Waals surface area (Å²) in [7, 11) is 1.47. The van der Waals surface area contributed by atoms with Gasteiger partial charge >= 0.3 is 5.97 Å². The first-order chi connectivity index (χ1) is 12.6. The Morgan fingerprint density at radius 3 is 2.69 bits per heavy atom. The molecule has 3 rings (SSSR count). The highest BCUT2D eigenvalue weighted by molar-refractivity contribution is 5.87. The molecule has 1 fully saturated rings. The van der Waals surface area contributed by atoms with Gasteiger partial charge in [-0.25, -0.2) is 9.18 Å². The summed E-state index contributed by atoms with van der Waals surface area (Å²) in [5, 5.41) is 12.6. The van der Waals surface area contributed by atoms with E-state index in [1.165, 1.54) is 18.7 Å². The quantitative estimate of drug-likeness (QED) is 0.786. The standard InChI is InChI=1S/C21H24FNO3/c1-26-20-12-14(2-9-19(20)22)10-11-23-18-8-7-17(13-18)15-3-5-16(6-4-15)21(24)25/h2-6,9,12,17-18,23H,7-8,10-11,13H2,1H3,(H,24,25)/t17-,18+/m1/s1. The van der Waals surface area contributed by atoms with E-state index in [4.69, 9.17) is 9.84 Å². The normalized spacial score (nSPS) is 19.5. The Labute approximate surface area is 153 Å². The first kappa shape index (κ1) is 18.4. The Hall–Kier alpha value is -2.40. The number of halogens is 1. The second-order valence-electron chi connectivity index (χ2n) is 6.81. The van der Waals surface area contributed by atoms with E-state index in [-0.39, 0.29) is 11.6 Å². The largest absolute Gasteiger partial charge is 0.494 e. The van der Waals surface area contributed by atoms with Gasteiger partial charge in [-0.15, -0.1) is 0 Å². The van der Waals surface area contributed by atoms with E-state index in [2.05, 4.69) is 5.32 Å². The summed E-state index contributed by atoms with van der Waals surface area (Å²) >= 11 is 0. The molecule has 0 spiro atoms. The van der Waals surface area contributed by atoms with Gasteiger partial charge in [0.05, 0.1) is 12.7 Å². The monoisotopic (exact) mass is 357 g/mol. The van der Waals surface area contributed by atoms with E-state index in [0.29, 0.717) is 17.5 Å². The van der Waals surface area contributed by atoms with Gasteiger partial charge in [0.1, 0.15) is 0 Å². The Morgan fingerprint density at radius 1 is 1.23 bits per heavy atom. The number of benzene rings is 2. The van der Waals surface area contributed by atoms with Gasteiger partial charge in [0, 0.05) is 6.04 Å². The molecule has 1 saturated carbocycles. The molecule has 1 aliphatic rings. The second-order valence-corrected chi connectivity index (χ2v) is 6.81. The maximum absolute atomic E-state index is 13.4. The second kappa shape index (κ2) is 8.32. The average Bonchev–Trinajstić information content (AvgIpc) is 3.12. The molecule has 2 atom stereocenters. The number of carboxylic acid groups (broad SMARTS) is 1. The van der Waals surface area contributed by atoms with Crippen LogP contribution in [0.5, 0.6) is 5.75 Å². The molecule has 0 unspecified atom stereocenters. The minimum absolute atomic E-state index is 0.285. The highest BCUT2D eigenvalue weighted by Gasteiger charge is 2.25. The van der Waals surface area contributed by atoms with E-state index in [0.717, 1.165) is 37.8 Å². The number of nitrogens with one attached hydrogen (secondary N) is 1. The summed E-state index contributed by atoms with van der Waals surface area (Å²) in [5.41, 5.74) is 2.59. The van der Waals surface area contributed by atoms with E-state index >= 15 is 0 Å². The van der Waals surface area contributed by atoms with Crippen LogP contribution < -0.4 is 10.1 Å². The van der Waals surface area contributed by atoms with Crippen molar-refractivity contribution in [1.82, 2.24) is 5.32 Å². The molecule has 2 aromatic carbocycles. The third kappa shape index (κ3) is 4.41. The molecule has 26 heavy (non-hydrogen) atoms. The van der Waals surface area contributed by atoms with Crippen LogP contribution in [-0.4, -0.2) is 30.8 Å². The van der Waals surface area contributed by atoms with Gasteiger partial charge in [-0.3, -0.25) is 0 Å². The number of aromatic carboxylic acids is 1. The Morgan fingerprint density at radius 2 is 2.00 bits per heavy atom. The minimum atomic E-state index is -0.889. The molecule has 0 aliphatic heterocycles. The highest BCUT2D eigenvalue weighted by atomic mass is 19.1. The van der Waals surface area contributed by atoms with Gasteiger partial charge in [-0.05, 0) is 73.5 Å². The summed E-state index contributed by atoms with van der Waals surface area (Å²) in [6.45, 7) is 0.837. The third-order valence-corrected chi connectivity index (χ3v) is 5.12. The highest BCUT2D eigenvalue weighted by Crippen LogP contribution is 2.34.